The third-order valence-corrected chi connectivity index (χ3v) is 2.78. The van der Waals surface area contributed by atoms with E-state index in [0.717, 1.165) is 25.3 Å². The Balaban J connectivity index is 1.89. The second kappa shape index (κ2) is 6.26. The lowest BCUT2D eigenvalue weighted by Gasteiger charge is -2.13. The van der Waals surface area contributed by atoms with E-state index in [0.29, 0.717) is 11.8 Å². The standard InChI is InChI=1S/C13H18N2O3/c1-14-13(16)9-18-12-4-2-3-10(7-12)15-11-5-6-17-8-11/h2-4,7,11,15H,5-6,8-9H2,1H3,(H,14,16). The monoisotopic (exact) mass is 250 g/mol. The lowest BCUT2D eigenvalue weighted by Crippen LogP contribution is -2.24. The molecule has 1 aromatic rings. The Morgan fingerprint density at radius 3 is 3.17 bits per heavy atom. The van der Waals surface area contributed by atoms with Crippen molar-refractivity contribution in [1.29, 1.82) is 0 Å². The summed E-state index contributed by atoms with van der Waals surface area (Å²) in [6, 6.07) is 7.96. The second-order valence-electron chi connectivity index (χ2n) is 4.19. The molecule has 1 saturated heterocycles. The average Bonchev–Trinajstić information content (AvgIpc) is 2.89. The highest BCUT2D eigenvalue weighted by molar-refractivity contribution is 5.77. The molecule has 1 heterocycles. The lowest BCUT2D eigenvalue weighted by molar-refractivity contribution is -0.122. The number of hydrogen-bond donors (Lipinski definition) is 2. The van der Waals surface area contributed by atoms with Gasteiger partial charge in [0.25, 0.3) is 5.91 Å². The van der Waals surface area contributed by atoms with Crippen LogP contribution in [-0.2, 0) is 9.53 Å². The molecule has 2 N–H and O–H groups in total. The topological polar surface area (TPSA) is 59.6 Å². The van der Waals surface area contributed by atoms with Crippen molar-refractivity contribution in [2.24, 2.45) is 0 Å². The first-order valence-corrected chi connectivity index (χ1v) is 6.05. The Hall–Kier alpha value is -1.75. The van der Waals surface area contributed by atoms with Gasteiger partial charge < -0.3 is 20.1 Å². The van der Waals surface area contributed by atoms with Crippen molar-refractivity contribution in [1.82, 2.24) is 5.32 Å². The maximum Gasteiger partial charge on any atom is 0.257 e. The molecule has 0 aromatic heterocycles. The number of amides is 1. The quantitative estimate of drug-likeness (QED) is 0.819. The first-order chi connectivity index (χ1) is 8.78. The Morgan fingerprint density at radius 1 is 1.56 bits per heavy atom. The van der Waals surface area contributed by atoms with Crippen LogP contribution in [0.4, 0.5) is 5.69 Å². The normalized spacial score (nSPS) is 18.4. The minimum Gasteiger partial charge on any atom is -0.484 e. The molecule has 1 fully saturated rings. The van der Waals surface area contributed by atoms with Gasteiger partial charge in [0.2, 0.25) is 0 Å². The van der Waals surface area contributed by atoms with Crippen molar-refractivity contribution < 1.29 is 14.3 Å². The highest BCUT2D eigenvalue weighted by Crippen LogP contribution is 2.19. The lowest BCUT2D eigenvalue weighted by atomic mass is 10.2. The summed E-state index contributed by atoms with van der Waals surface area (Å²) in [5.41, 5.74) is 0.986. The molecule has 1 aromatic carbocycles. The molecule has 0 spiro atoms. The van der Waals surface area contributed by atoms with Gasteiger partial charge in [-0.1, -0.05) is 6.07 Å². The summed E-state index contributed by atoms with van der Waals surface area (Å²) in [5, 5.41) is 5.89. The van der Waals surface area contributed by atoms with Gasteiger partial charge in [-0.2, -0.15) is 0 Å². The molecular weight excluding hydrogens is 232 g/mol. The molecule has 0 aliphatic carbocycles. The van der Waals surface area contributed by atoms with Crippen LogP contribution in [0.1, 0.15) is 6.42 Å². The Bertz CT molecular complexity index is 403. The predicted molar refractivity (Wildman–Crippen MR) is 68.9 cm³/mol. The van der Waals surface area contributed by atoms with Crippen LogP contribution < -0.4 is 15.4 Å². The minimum atomic E-state index is -0.141. The van der Waals surface area contributed by atoms with Crippen LogP contribution in [-0.4, -0.2) is 38.8 Å². The van der Waals surface area contributed by atoms with Gasteiger partial charge in [-0.25, -0.2) is 0 Å². The molecule has 1 atom stereocenters. The fraction of sp³-hybridized carbons (Fsp3) is 0.462. The number of carbonyl (C=O) groups excluding carboxylic acids is 1. The van der Waals surface area contributed by atoms with Crippen LogP contribution in [0.15, 0.2) is 24.3 Å². The van der Waals surface area contributed by atoms with E-state index in [2.05, 4.69) is 10.6 Å². The van der Waals surface area contributed by atoms with Gasteiger partial charge in [0.05, 0.1) is 12.6 Å². The first kappa shape index (κ1) is 12.7. The van der Waals surface area contributed by atoms with Crippen LogP contribution >= 0.6 is 0 Å². The number of hydrogen-bond acceptors (Lipinski definition) is 4. The molecule has 1 aliphatic heterocycles. The number of rotatable bonds is 5. The molecule has 18 heavy (non-hydrogen) atoms. The molecule has 0 radical (unpaired) electrons. The summed E-state index contributed by atoms with van der Waals surface area (Å²) in [4.78, 5) is 11.1. The number of anilines is 1. The highest BCUT2D eigenvalue weighted by atomic mass is 16.5. The van der Waals surface area contributed by atoms with Crippen molar-refractivity contribution in [3.8, 4) is 5.75 Å². The molecular formula is C13H18N2O3. The van der Waals surface area contributed by atoms with E-state index in [4.69, 9.17) is 9.47 Å². The van der Waals surface area contributed by atoms with Gasteiger partial charge in [-0.3, -0.25) is 4.79 Å². The first-order valence-electron chi connectivity index (χ1n) is 6.05. The zero-order valence-electron chi connectivity index (χ0n) is 10.4. The fourth-order valence-corrected chi connectivity index (χ4v) is 1.78. The Kier molecular flexibility index (Phi) is 4.41. The number of nitrogens with one attached hydrogen (secondary N) is 2. The molecule has 5 heteroatoms. The average molecular weight is 250 g/mol. The Morgan fingerprint density at radius 2 is 2.44 bits per heavy atom. The maximum atomic E-state index is 11.1. The third-order valence-electron chi connectivity index (χ3n) is 2.78. The molecule has 5 nitrogen and oxygen atoms in total. The molecule has 1 amide bonds. The zero-order valence-corrected chi connectivity index (χ0v) is 10.4. The van der Waals surface area contributed by atoms with Crippen LogP contribution in [0.3, 0.4) is 0 Å². The predicted octanol–water partition coefficient (Wildman–Crippen LogP) is 1.01. The van der Waals surface area contributed by atoms with Crippen molar-refractivity contribution >= 4 is 11.6 Å². The molecule has 1 unspecified atom stereocenters. The number of likely N-dealkylation sites (N-methyl/N-ethyl adjacent to an activating group) is 1. The SMILES string of the molecule is CNC(=O)COc1cccc(NC2CCOC2)c1. The maximum absolute atomic E-state index is 11.1. The number of ether oxygens (including phenoxy) is 2. The summed E-state index contributed by atoms with van der Waals surface area (Å²) in [6.45, 7) is 1.58. The molecule has 0 saturated carbocycles. The van der Waals surface area contributed by atoms with Gasteiger partial charge in [-0.05, 0) is 18.6 Å². The molecule has 1 aliphatic rings. The summed E-state index contributed by atoms with van der Waals surface area (Å²) >= 11 is 0. The van der Waals surface area contributed by atoms with Crippen LogP contribution in [0, 0.1) is 0 Å². The van der Waals surface area contributed by atoms with E-state index in [1.54, 1.807) is 7.05 Å². The minimum absolute atomic E-state index is 0.0342. The van der Waals surface area contributed by atoms with Crippen LogP contribution in [0.2, 0.25) is 0 Å². The fourth-order valence-electron chi connectivity index (χ4n) is 1.78. The van der Waals surface area contributed by atoms with Crippen LogP contribution in [0.25, 0.3) is 0 Å². The molecule has 2 rings (SSSR count). The largest absolute Gasteiger partial charge is 0.484 e. The van der Waals surface area contributed by atoms with Crippen LogP contribution in [0.5, 0.6) is 5.75 Å². The van der Waals surface area contributed by atoms with Gasteiger partial charge in [0.15, 0.2) is 6.61 Å². The zero-order chi connectivity index (χ0) is 12.8. The van der Waals surface area contributed by atoms with Crippen molar-refractivity contribution in [2.75, 3.05) is 32.2 Å². The number of carbonyl (C=O) groups is 1. The van der Waals surface area contributed by atoms with Crippen molar-refractivity contribution in [3.05, 3.63) is 24.3 Å². The Labute approximate surface area is 106 Å². The van der Waals surface area contributed by atoms with E-state index in [-0.39, 0.29) is 12.5 Å². The third kappa shape index (κ3) is 3.63. The van der Waals surface area contributed by atoms with E-state index in [1.165, 1.54) is 0 Å². The van der Waals surface area contributed by atoms with Crippen molar-refractivity contribution in [2.45, 2.75) is 12.5 Å². The molecule has 98 valence electrons. The van der Waals surface area contributed by atoms with Crippen molar-refractivity contribution in [3.63, 3.8) is 0 Å². The summed E-state index contributed by atoms with van der Waals surface area (Å²) in [5.74, 6) is 0.542. The van der Waals surface area contributed by atoms with E-state index in [9.17, 15) is 4.79 Å². The van der Waals surface area contributed by atoms with E-state index in [1.807, 2.05) is 24.3 Å². The molecule has 0 bridgehead atoms. The summed E-state index contributed by atoms with van der Waals surface area (Å²) in [7, 11) is 1.59. The summed E-state index contributed by atoms with van der Waals surface area (Å²) < 4.78 is 10.7. The highest BCUT2D eigenvalue weighted by Gasteiger charge is 2.15. The van der Waals surface area contributed by atoms with Gasteiger partial charge in [0.1, 0.15) is 5.75 Å². The van der Waals surface area contributed by atoms with E-state index >= 15 is 0 Å². The summed E-state index contributed by atoms with van der Waals surface area (Å²) in [6.07, 6.45) is 1.02. The second-order valence-corrected chi connectivity index (χ2v) is 4.19. The van der Waals surface area contributed by atoms with Gasteiger partial charge in [-0.15, -0.1) is 0 Å². The number of benzene rings is 1. The van der Waals surface area contributed by atoms with Gasteiger partial charge >= 0.3 is 0 Å². The van der Waals surface area contributed by atoms with Gasteiger partial charge in [0, 0.05) is 25.4 Å². The smallest absolute Gasteiger partial charge is 0.257 e. The van der Waals surface area contributed by atoms with E-state index < -0.39 is 0 Å².